The number of amides is 1. The highest BCUT2D eigenvalue weighted by Gasteiger charge is 2.20. The van der Waals surface area contributed by atoms with E-state index in [0.717, 1.165) is 29.7 Å². The van der Waals surface area contributed by atoms with Crippen LogP contribution in [0.2, 0.25) is 0 Å². The predicted molar refractivity (Wildman–Crippen MR) is 90.0 cm³/mol. The number of aromatic nitrogens is 2. The molecule has 6 nitrogen and oxygen atoms in total. The van der Waals surface area contributed by atoms with Gasteiger partial charge in [-0.3, -0.25) is 14.2 Å². The van der Waals surface area contributed by atoms with Crippen LogP contribution in [0.1, 0.15) is 30.2 Å². The lowest BCUT2D eigenvalue weighted by atomic mass is 9.97. The predicted octanol–water partition coefficient (Wildman–Crippen LogP) is 1.49. The highest BCUT2D eigenvalue weighted by Crippen LogP contribution is 2.33. The van der Waals surface area contributed by atoms with Gasteiger partial charge in [0, 0.05) is 18.0 Å². The molecular formula is C16H21N3O3S. The monoisotopic (exact) mass is 335 g/mol. The van der Waals surface area contributed by atoms with Crippen molar-refractivity contribution in [3.63, 3.8) is 0 Å². The van der Waals surface area contributed by atoms with Crippen LogP contribution in [0.5, 0.6) is 0 Å². The van der Waals surface area contributed by atoms with Crippen molar-refractivity contribution in [3.8, 4) is 0 Å². The molecule has 1 aliphatic rings. The van der Waals surface area contributed by atoms with E-state index < -0.39 is 0 Å². The summed E-state index contributed by atoms with van der Waals surface area (Å²) in [6.45, 7) is 2.29. The molecule has 0 saturated heterocycles. The molecule has 124 valence electrons. The van der Waals surface area contributed by atoms with Gasteiger partial charge in [-0.2, -0.15) is 0 Å². The number of nitrogens with zero attached hydrogens (tertiary/aromatic N) is 2. The summed E-state index contributed by atoms with van der Waals surface area (Å²) in [7, 11) is 1.59. The standard InChI is InChI=1S/C16H21N3O3S/c1-10(8-22-2)18-13(20)7-19-9-17-15-14(16(19)21)11-5-3-4-6-12(11)23-15/h9-10H,3-8H2,1-2H3,(H,18,20). The van der Waals surface area contributed by atoms with Crippen LogP contribution in [0.4, 0.5) is 0 Å². The van der Waals surface area contributed by atoms with Crippen molar-refractivity contribution in [2.75, 3.05) is 13.7 Å². The minimum absolute atomic E-state index is 0.0134. The summed E-state index contributed by atoms with van der Waals surface area (Å²) in [6, 6.07) is -0.0891. The van der Waals surface area contributed by atoms with Crippen LogP contribution in [0.25, 0.3) is 10.2 Å². The van der Waals surface area contributed by atoms with E-state index in [4.69, 9.17) is 4.74 Å². The van der Waals surface area contributed by atoms with Gasteiger partial charge in [0.15, 0.2) is 0 Å². The summed E-state index contributed by atoms with van der Waals surface area (Å²) in [5.41, 5.74) is 1.04. The van der Waals surface area contributed by atoms with Gasteiger partial charge in [-0.1, -0.05) is 0 Å². The summed E-state index contributed by atoms with van der Waals surface area (Å²) in [4.78, 5) is 31.3. The van der Waals surface area contributed by atoms with Gasteiger partial charge in [-0.15, -0.1) is 11.3 Å². The lowest BCUT2D eigenvalue weighted by Crippen LogP contribution is -2.39. The smallest absolute Gasteiger partial charge is 0.262 e. The van der Waals surface area contributed by atoms with Crippen molar-refractivity contribution < 1.29 is 9.53 Å². The molecule has 1 aliphatic carbocycles. The normalized spacial score (nSPS) is 15.4. The number of ether oxygens (including phenoxy) is 1. The number of carbonyl (C=O) groups is 1. The molecule has 0 spiro atoms. The molecule has 3 rings (SSSR count). The number of carbonyl (C=O) groups excluding carboxylic acids is 1. The maximum absolute atomic E-state index is 12.7. The van der Waals surface area contributed by atoms with E-state index in [9.17, 15) is 9.59 Å². The molecule has 2 aromatic heterocycles. The number of methoxy groups -OCH3 is 1. The minimum Gasteiger partial charge on any atom is -0.383 e. The third-order valence-corrected chi connectivity index (χ3v) is 5.28. The maximum atomic E-state index is 12.7. The second-order valence-corrected chi connectivity index (χ2v) is 7.08. The molecule has 0 aliphatic heterocycles. The third kappa shape index (κ3) is 3.30. The molecule has 0 radical (unpaired) electrons. The second kappa shape index (κ2) is 6.80. The first-order valence-electron chi connectivity index (χ1n) is 7.88. The topological polar surface area (TPSA) is 73.2 Å². The number of nitrogens with one attached hydrogen (secondary N) is 1. The van der Waals surface area contributed by atoms with E-state index in [-0.39, 0.29) is 24.1 Å². The summed E-state index contributed by atoms with van der Waals surface area (Å²) >= 11 is 1.62. The van der Waals surface area contributed by atoms with Gasteiger partial charge in [0.25, 0.3) is 5.56 Å². The number of thiophene rings is 1. The van der Waals surface area contributed by atoms with Gasteiger partial charge in [0.2, 0.25) is 5.91 Å². The molecule has 0 bridgehead atoms. The Morgan fingerprint density at radius 1 is 1.48 bits per heavy atom. The van der Waals surface area contributed by atoms with E-state index in [1.165, 1.54) is 22.2 Å². The average Bonchev–Trinajstić information content (AvgIpc) is 2.89. The fraction of sp³-hybridized carbons (Fsp3) is 0.562. The molecular weight excluding hydrogens is 314 g/mol. The van der Waals surface area contributed by atoms with E-state index in [2.05, 4.69) is 10.3 Å². The number of aryl methyl sites for hydroxylation is 2. The molecule has 23 heavy (non-hydrogen) atoms. The molecule has 1 atom stereocenters. The molecule has 1 amide bonds. The molecule has 1 N–H and O–H groups in total. The average molecular weight is 335 g/mol. The molecule has 0 saturated carbocycles. The van der Waals surface area contributed by atoms with Gasteiger partial charge < -0.3 is 10.1 Å². The van der Waals surface area contributed by atoms with Crippen molar-refractivity contribution in [2.24, 2.45) is 0 Å². The van der Waals surface area contributed by atoms with Gasteiger partial charge in [-0.05, 0) is 38.2 Å². The number of fused-ring (bicyclic) bond motifs is 3. The Labute approximate surface area is 138 Å². The van der Waals surface area contributed by atoms with Gasteiger partial charge in [-0.25, -0.2) is 4.98 Å². The summed E-state index contributed by atoms with van der Waals surface area (Å²) < 4.78 is 6.40. The van der Waals surface area contributed by atoms with E-state index in [0.29, 0.717) is 12.0 Å². The fourth-order valence-corrected chi connectivity index (χ4v) is 4.28. The highest BCUT2D eigenvalue weighted by atomic mass is 32.1. The van der Waals surface area contributed by atoms with E-state index in [1.807, 2.05) is 6.92 Å². The van der Waals surface area contributed by atoms with Gasteiger partial charge in [0.1, 0.15) is 11.4 Å². The summed E-state index contributed by atoms with van der Waals surface area (Å²) in [5, 5.41) is 3.52. The number of hydrogen-bond acceptors (Lipinski definition) is 5. The highest BCUT2D eigenvalue weighted by molar-refractivity contribution is 7.18. The lowest BCUT2D eigenvalue weighted by molar-refractivity contribution is -0.122. The van der Waals surface area contributed by atoms with Crippen LogP contribution in [-0.2, 0) is 28.9 Å². The Morgan fingerprint density at radius 2 is 2.26 bits per heavy atom. The van der Waals surface area contributed by atoms with E-state index >= 15 is 0 Å². The van der Waals surface area contributed by atoms with Crippen molar-refractivity contribution in [1.29, 1.82) is 0 Å². The zero-order chi connectivity index (χ0) is 16.4. The maximum Gasteiger partial charge on any atom is 0.262 e. The van der Waals surface area contributed by atoms with Crippen LogP contribution in [-0.4, -0.2) is 35.2 Å². The minimum atomic E-state index is -0.207. The van der Waals surface area contributed by atoms with Crippen LogP contribution in [0.15, 0.2) is 11.1 Å². The van der Waals surface area contributed by atoms with Crippen LogP contribution in [0, 0.1) is 0 Å². The molecule has 1 unspecified atom stereocenters. The van der Waals surface area contributed by atoms with Crippen LogP contribution >= 0.6 is 11.3 Å². The summed E-state index contributed by atoms with van der Waals surface area (Å²) in [5.74, 6) is -0.207. The number of rotatable bonds is 5. The first-order valence-corrected chi connectivity index (χ1v) is 8.69. The van der Waals surface area contributed by atoms with Crippen LogP contribution < -0.4 is 10.9 Å². The Morgan fingerprint density at radius 3 is 3.04 bits per heavy atom. The Bertz CT molecular complexity index is 781. The summed E-state index contributed by atoms with van der Waals surface area (Å²) in [6.07, 6.45) is 5.74. The zero-order valence-corrected chi connectivity index (χ0v) is 14.2. The Hall–Kier alpha value is -1.73. The van der Waals surface area contributed by atoms with Crippen molar-refractivity contribution in [2.45, 2.75) is 45.2 Å². The zero-order valence-electron chi connectivity index (χ0n) is 13.4. The van der Waals surface area contributed by atoms with Crippen molar-refractivity contribution in [1.82, 2.24) is 14.9 Å². The van der Waals surface area contributed by atoms with E-state index in [1.54, 1.807) is 18.4 Å². The largest absolute Gasteiger partial charge is 0.383 e. The second-order valence-electron chi connectivity index (χ2n) is 5.99. The van der Waals surface area contributed by atoms with Crippen molar-refractivity contribution in [3.05, 3.63) is 27.1 Å². The van der Waals surface area contributed by atoms with Crippen molar-refractivity contribution >= 4 is 27.5 Å². The molecule has 0 fully saturated rings. The third-order valence-electron chi connectivity index (χ3n) is 4.08. The molecule has 0 aromatic carbocycles. The Balaban J connectivity index is 1.86. The number of hydrogen-bond donors (Lipinski definition) is 1. The SMILES string of the molecule is COCC(C)NC(=O)Cn1cnc2sc3c(c2c1=O)CCCC3. The van der Waals surface area contributed by atoms with Gasteiger partial charge in [0.05, 0.1) is 18.3 Å². The fourth-order valence-electron chi connectivity index (χ4n) is 3.06. The first-order chi connectivity index (χ1) is 11.1. The lowest BCUT2D eigenvalue weighted by Gasteiger charge is -2.13. The molecule has 7 heteroatoms. The molecule has 2 aromatic rings. The van der Waals surface area contributed by atoms with Gasteiger partial charge >= 0.3 is 0 Å². The molecule has 2 heterocycles. The first kappa shape index (κ1) is 16.1. The quantitative estimate of drug-likeness (QED) is 0.898. The van der Waals surface area contributed by atoms with Crippen LogP contribution in [0.3, 0.4) is 0 Å². The Kier molecular flexibility index (Phi) is 4.77.